The lowest BCUT2D eigenvalue weighted by Gasteiger charge is -2.20. The average Bonchev–Trinajstić information content (AvgIpc) is 3.68. The molecule has 2 aromatic heterocycles. The maximum atomic E-state index is 5.21. The summed E-state index contributed by atoms with van der Waals surface area (Å²) < 4.78 is 2.38. The van der Waals surface area contributed by atoms with Gasteiger partial charge in [-0.1, -0.05) is 182 Å². The summed E-state index contributed by atoms with van der Waals surface area (Å²) in [4.78, 5) is 10.3. The van der Waals surface area contributed by atoms with Gasteiger partial charge in [-0.2, -0.15) is 0 Å². The second kappa shape index (κ2) is 15.6. The highest BCUT2D eigenvalue weighted by Gasteiger charge is 2.20. The third-order valence-electron chi connectivity index (χ3n) is 11.6. The van der Waals surface area contributed by atoms with Gasteiger partial charge in [0.15, 0.2) is 5.82 Å². The van der Waals surface area contributed by atoms with E-state index in [0.29, 0.717) is 5.82 Å². The Balaban J connectivity index is 1.15. The van der Waals surface area contributed by atoms with Gasteiger partial charge in [-0.05, 0) is 99.1 Å². The van der Waals surface area contributed by atoms with E-state index >= 15 is 0 Å². The molecular formula is C58H39N3. The topological polar surface area (TPSA) is 30.7 Å². The summed E-state index contributed by atoms with van der Waals surface area (Å²) in [7, 11) is 0. The molecule has 0 N–H and O–H groups in total. The molecule has 0 unspecified atom stereocenters. The van der Waals surface area contributed by atoms with E-state index in [1.54, 1.807) is 0 Å². The van der Waals surface area contributed by atoms with Crippen LogP contribution >= 0.6 is 0 Å². The zero-order valence-electron chi connectivity index (χ0n) is 33.4. The largest absolute Gasteiger partial charge is 0.309 e. The van der Waals surface area contributed by atoms with E-state index in [4.69, 9.17) is 9.97 Å². The van der Waals surface area contributed by atoms with E-state index in [1.807, 2.05) is 24.3 Å². The molecule has 0 radical (unpaired) electrons. The quantitative estimate of drug-likeness (QED) is 0.154. The molecule has 0 atom stereocenters. The number of para-hydroxylation sites is 2. The first-order valence-corrected chi connectivity index (χ1v) is 20.7. The van der Waals surface area contributed by atoms with Gasteiger partial charge in [0.25, 0.3) is 0 Å². The van der Waals surface area contributed by atoms with Crippen LogP contribution in [0, 0.1) is 0 Å². The number of hydrogen-bond donors (Lipinski definition) is 0. The van der Waals surface area contributed by atoms with Crippen LogP contribution in [-0.2, 0) is 0 Å². The fourth-order valence-electron chi connectivity index (χ4n) is 8.72. The number of fused-ring (bicyclic) bond motifs is 3. The number of hydrogen-bond acceptors (Lipinski definition) is 2. The predicted octanol–water partition coefficient (Wildman–Crippen LogP) is 15.2. The Morgan fingerprint density at radius 1 is 0.279 bits per heavy atom. The first kappa shape index (κ1) is 36.0. The molecule has 61 heavy (non-hydrogen) atoms. The molecule has 3 nitrogen and oxygen atoms in total. The van der Waals surface area contributed by atoms with Crippen molar-refractivity contribution >= 4 is 21.8 Å². The lowest BCUT2D eigenvalue weighted by atomic mass is 9.84. The molecule has 0 aliphatic rings. The van der Waals surface area contributed by atoms with Crippen LogP contribution in [0.3, 0.4) is 0 Å². The summed E-state index contributed by atoms with van der Waals surface area (Å²) in [6, 6.07) is 84.3. The Kier molecular flexibility index (Phi) is 9.18. The van der Waals surface area contributed by atoms with Crippen molar-refractivity contribution in [2.45, 2.75) is 0 Å². The molecule has 0 aliphatic heterocycles. The van der Waals surface area contributed by atoms with Gasteiger partial charge in [-0.15, -0.1) is 0 Å². The molecule has 11 rings (SSSR count). The van der Waals surface area contributed by atoms with Crippen LogP contribution in [-0.4, -0.2) is 14.5 Å². The Hall–Kier alpha value is -8.14. The Morgan fingerprint density at radius 2 is 0.770 bits per heavy atom. The van der Waals surface area contributed by atoms with Gasteiger partial charge < -0.3 is 4.57 Å². The van der Waals surface area contributed by atoms with Crippen LogP contribution in [0.5, 0.6) is 0 Å². The zero-order valence-corrected chi connectivity index (χ0v) is 33.4. The van der Waals surface area contributed by atoms with Crippen LogP contribution in [0.1, 0.15) is 0 Å². The van der Waals surface area contributed by atoms with E-state index in [0.717, 1.165) is 61.6 Å². The highest BCUT2D eigenvalue weighted by molar-refractivity contribution is 6.11. The summed E-state index contributed by atoms with van der Waals surface area (Å²) in [6.07, 6.45) is 0. The van der Waals surface area contributed by atoms with E-state index < -0.39 is 0 Å². The summed E-state index contributed by atoms with van der Waals surface area (Å²) >= 11 is 0. The van der Waals surface area contributed by atoms with Gasteiger partial charge in [0.2, 0.25) is 0 Å². The highest BCUT2D eigenvalue weighted by atomic mass is 15.0. The van der Waals surface area contributed by atoms with E-state index in [-0.39, 0.29) is 0 Å². The van der Waals surface area contributed by atoms with Crippen LogP contribution < -0.4 is 0 Å². The molecule has 0 bridgehead atoms. The SMILES string of the molecule is c1ccc(-c2cc(-c3cccc(-c4cc(-c5ccccc5)nc(-c5ccccc5)n4)c3)c(-c3ccccc3)c(-c3ccc4c(c3)c3ccccc3n4-c3ccccc3)c2)cc1. The first-order valence-electron chi connectivity index (χ1n) is 20.7. The van der Waals surface area contributed by atoms with Crippen LogP contribution in [0.15, 0.2) is 237 Å². The summed E-state index contributed by atoms with van der Waals surface area (Å²) in [5.74, 6) is 0.699. The minimum absolute atomic E-state index is 0.699. The summed E-state index contributed by atoms with van der Waals surface area (Å²) in [6.45, 7) is 0. The number of benzene rings is 9. The highest BCUT2D eigenvalue weighted by Crippen LogP contribution is 2.45. The molecule has 0 saturated carbocycles. The zero-order chi connectivity index (χ0) is 40.5. The molecule has 3 heteroatoms. The molecule has 0 aliphatic carbocycles. The van der Waals surface area contributed by atoms with Crippen LogP contribution in [0.4, 0.5) is 0 Å². The number of rotatable bonds is 8. The third-order valence-corrected chi connectivity index (χ3v) is 11.6. The van der Waals surface area contributed by atoms with Crippen molar-refractivity contribution in [3.63, 3.8) is 0 Å². The van der Waals surface area contributed by atoms with Crippen molar-refractivity contribution in [2.24, 2.45) is 0 Å². The molecule has 0 amide bonds. The van der Waals surface area contributed by atoms with Crippen molar-refractivity contribution in [3.8, 4) is 84.1 Å². The maximum Gasteiger partial charge on any atom is 0.160 e. The number of nitrogens with zero attached hydrogens (tertiary/aromatic N) is 3. The van der Waals surface area contributed by atoms with Crippen LogP contribution in [0.25, 0.3) is 106 Å². The lowest BCUT2D eigenvalue weighted by Crippen LogP contribution is -1.96. The average molecular weight is 778 g/mol. The Bertz CT molecular complexity index is 3260. The molecule has 286 valence electrons. The van der Waals surface area contributed by atoms with Gasteiger partial charge >= 0.3 is 0 Å². The van der Waals surface area contributed by atoms with Crippen LogP contribution in [0.2, 0.25) is 0 Å². The van der Waals surface area contributed by atoms with Gasteiger partial charge in [0.1, 0.15) is 0 Å². The molecule has 11 aromatic rings. The standard InChI is InChI=1S/C58H39N3/c1-6-19-40(20-7-1)47-37-50(44-27-18-28-46(35-44)54-39-53(41-21-8-2-9-22-41)59-58(60-54)43-25-12-4-13-26-43)57(42-23-10-3-11-24-42)51(38-47)45-33-34-56-52(36-45)49-31-16-17-32-55(49)61(56)48-29-14-5-15-30-48/h1-39H. The van der Waals surface area contributed by atoms with Gasteiger partial charge in [-0.25, -0.2) is 9.97 Å². The Labute approximate surface area is 355 Å². The van der Waals surface area contributed by atoms with Crippen molar-refractivity contribution in [1.29, 1.82) is 0 Å². The van der Waals surface area contributed by atoms with Gasteiger partial charge in [0, 0.05) is 33.2 Å². The molecule has 2 heterocycles. The van der Waals surface area contributed by atoms with Crippen molar-refractivity contribution < 1.29 is 0 Å². The molecule has 9 aromatic carbocycles. The molecular weight excluding hydrogens is 739 g/mol. The molecule has 0 fully saturated rings. The van der Waals surface area contributed by atoms with Crippen molar-refractivity contribution in [3.05, 3.63) is 237 Å². The summed E-state index contributed by atoms with van der Waals surface area (Å²) in [5, 5.41) is 2.45. The monoisotopic (exact) mass is 777 g/mol. The molecule has 0 spiro atoms. The fourth-order valence-corrected chi connectivity index (χ4v) is 8.72. The predicted molar refractivity (Wildman–Crippen MR) is 254 cm³/mol. The van der Waals surface area contributed by atoms with Gasteiger partial charge in [0.05, 0.1) is 22.4 Å². The number of aromatic nitrogens is 3. The normalized spacial score (nSPS) is 11.3. The van der Waals surface area contributed by atoms with Crippen molar-refractivity contribution in [1.82, 2.24) is 14.5 Å². The smallest absolute Gasteiger partial charge is 0.160 e. The minimum atomic E-state index is 0.699. The van der Waals surface area contributed by atoms with Gasteiger partial charge in [-0.3, -0.25) is 0 Å². The third kappa shape index (κ3) is 6.78. The van der Waals surface area contributed by atoms with Crippen molar-refractivity contribution in [2.75, 3.05) is 0 Å². The summed E-state index contributed by atoms with van der Waals surface area (Å²) in [5.41, 5.74) is 17.6. The minimum Gasteiger partial charge on any atom is -0.309 e. The molecule has 0 saturated heterocycles. The lowest BCUT2D eigenvalue weighted by molar-refractivity contribution is 1.18. The fraction of sp³-hybridized carbons (Fsp3) is 0. The van der Waals surface area contributed by atoms with E-state index in [9.17, 15) is 0 Å². The van der Waals surface area contributed by atoms with E-state index in [1.165, 1.54) is 38.5 Å². The first-order chi connectivity index (χ1) is 30.2. The second-order valence-corrected chi connectivity index (χ2v) is 15.4. The van der Waals surface area contributed by atoms with E-state index in [2.05, 4.69) is 217 Å². The maximum absolute atomic E-state index is 5.21. The Morgan fingerprint density at radius 3 is 1.44 bits per heavy atom. The second-order valence-electron chi connectivity index (χ2n) is 15.4.